The van der Waals surface area contributed by atoms with Gasteiger partial charge in [-0.15, -0.1) is 0 Å². The fourth-order valence-electron chi connectivity index (χ4n) is 1.64. The number of unbranched alkanes of at least 4 members (excludes halogenated alkanes) is 1. The molecule has 1 rings (SSSR count). The number of esters is 1. The van der Waals surface area contributed by atoms with Crippen LogP contribution in [0, 0.1) is 0 Å². The van der Waals surface area contributed by atoms with Crippen molar-refractivity contribution in [3.63, 3.8) is 0 Å². The topological polar surface area (TPSA) is 141 Å². The molecule has 0 aliphatic rings. The minimum Gasteiger partial charge on any atom is -0.412 e. The average molecular weight is 375 g/mol. The van der Waals surface area contributed by atoms with Gasteiger partial charge in [0.25, 0.3) is 0 Å². The van der Waals surface area contributed by atoms with Crippen LogP contribution in [0.15, 0.2) is 24.3 Å². The second kappa shape index (κ2) is 13.3. The summed E-state index contributed by atoms with van der Waals surface area (Å²) in [5, 5.41) is 0. The maximum Gasteiger partial charge on any atom is -0.412 e. The standard InChI is InChI=1S/C14H18GeNO3.3H2O/c1-16(12-9-7-11(15)8-10-12)13(17)5-3-4-6-14(18)19-2;;;/h7-10H,3-6H2,1-2H3;3*1H2. The van der Waals surface area contributed by atoms with E-state index in [-0.39, 0.29) is 28.3 Å². The van der Waals surface area contributed by atoms with Gasteiger partial charge in [0, 0.05) is 0 Å². The molecule has 7 nitrogen and oxygen atoms in total. The third-order valence-electron chi connectivity index (χ3n) is 2.88. The van der Waals surface area contributed by atoms with E-state index in [1.807, 2.05) is 40.8 Å². The van der Waals surface area contributed by atoms with E-state index < -0.39 is 0 Å². The molecule has 3 radical (unpaired) electrons. The first-order valence-electron chi connectivity index (χ1n) is 6.19. The molecule has 8 heteroatoms. The molecule has 1 aromatic carbocycles. The normalized spacial score (nSPS) is 8.68. The quantitative estimate of drug-likeness (QED) is 0.347. The molecule has 0 heterocycles. The molecule has 0 bridgehead atoms. The fraction of sp³-hybridized carbons (Fsp3) is 0.429. The van der Waals surface area contributed by atoms with Crippen LogP contribution in [0.5, 0.6) is 0 Å². The van der Waals surface area contributed by atoms with Crippen LogP contribution < -0.4 is 9.30 Å². The molecule has 0 aliphatic heterocycles. The van der Waals surface area contributed by atoms with Crippen molar-refractivity contribution < 1.29 is 30.8 Å². The monoisotopic (exact) mass is 376 g/mol. The Morgan fingerprint density at radius 1 is 1.05 bits per heavy atom. The molecule has 0 atom stereocenters. The van der Waals surface area contributed by atoms with Gasteiger partial charge < -0.3 is 16.4 Å². The molecule has 0 spiro atoms. The van der Waals surface area contributed by atoms with Gasteiger partial charge in [-0.05, 0) is 0 Å². The molecule has 0 aliphatic carbocycles. The molecular weight excluding hydrogens is 351 g/mol. The Kier molecular flexibility index (Phi) is 15.4. The van der Waals surface area contributed by atoms with Crippen LogP contribution in [0.3, 0.4) is 0 Å². The van der Waals surface area contributed by atoms with Gasteiger partial charge in [0.1, 0.15) is 0 Å². The van der Waals surface area contributed by atoms with Crippen molar-refractivity contribution in [2.24, 2.45) is 0 Å². The maximum atomic E-state index is 12.0. The molecule has 1 aromatic rings. The smallest absolute Gasteiger partial charge is 0.412 e. The minimum atomic E-state index is -0.223. The summed E-state index contributed by atoms with van der Waals surface area (Å²) in [6.45, 7) is 0. The van der Waals surface area contributed by atoms with Crippen LogP contribution in [-0.4, -0.2) is 59.0 Å². The van der Waals surface area contributed by atoms with Crippen molar-refractivity contribution in [1.82, 2.24) is 0 Å². The van der Waals surface area contributed by atoms with Gasteiger partial charge in [0.15, 0.2) is 0 Å². The summed E-state index contributed by atoms with van der Waals surface area (Å²) < 4.78 is 5.72. The number of carbonyl (C=O) groups excluding carboxylic acids is 2. The molecule has 0 unspecified atom stereocenters. The predicted molar refractivity (Wildman–Crippen MR) is 86.6 cm³/mol. The number of nitrogens with zero attached hydrogens (tertiary/aromatic N) is 1. The number of anilines is 1. The number of benzene rings is 1. The van der Waals surface area contributed by atoms with E-state index in [4.69, 9.17) is 0 Å². The maximum absolute atomic E-state index is 12.0. The summed E-state index contributed by atoms with van der Waals surface area (Å²) in [7, 11) is 3.14. The van der Waals surface area contributed by atoms with E-state index in [2.05, 4.69) is 4.74 Å². The van der Waals surface area contributed by atoms with Crippen molar-refractivity contribution >= 4 is 38.5 Å². The van der Waals surface area contributed by atoms with Gasteiger partial charge in [0.2, 0.25) is 0 Å². The van der Waals surface area contributed by atoms with Gasteiger partial charge in [-0.3, -0.25) is 0 Å². The van der Waals surface area contributed by atoms with Crippen LogP contribution in [0.1, 0.15) is 25.7 Å². The van der Waals surface area contributed by atoms with Crippen molar-refractivity contribution in [3.8, 4) is 0 Å². The predicted octanol–water partition coefficient (Wildman–Crippen LogP) is -1.30. The van der Waals surface area contributed by atoms with Crippen molar-refractivity contribution in [2.75, 3.05) is 19.1 Å². The Labute approximate surface area is 138 Å². The zero-order valence-electron chi connectivity index (χ0n) is 12.8. The van der Waals surface area contributed by atoms with Gasteiger partial charge in [-0.1, -0.05) is 0 Å². The Morgan fingerprint density at radius 3 is 2.05 bits per heavy atom. The first-order valence-corrected chi connectivity index (χ1v) is 7.24. The largest absolute Gasteiger partial charge is 0.412 e. The Morgan fingerprint density at radius 2 is 1.55 bits per heavy atom. The van der Waals surface area contributed by atoms with Crippen molar-refractivity contribution in [1.29, 1.82) is 0 Å². The second-order valence-corrected chi connectivity index (χ2v) is 5.49. The van der Waals surface area contributed by atoms with E-state index in [9.17, 15) is 9.59 Å². The number of rotatable bonds is 6. The first-order chi connectivity index (χ1) is 9.04. The summed E-state index contributed by atoms with van der Waals surface area (Å²) >= 11 is 2.01. The van der Waals surface area contributed by atoms with Crippen LogP contribution in [0.25, 0.3) is 0 Å². The summed E-state index contributed by atoms with van der Waals surface area (Å²) in [4.78, 5) is 24.5. The number of hydrogen-bond donors (Lipinski definition) is 0. The summed E-state index contributed by atoms with van der Waals surface area (Å²) in [6, 6.07) is 7.83. The van der Waals surface area contributed by atoms with Crippen molar-refractivity contribution in [3.05, 3.63) is 24.3 Å². The van der Waals surface area contributed by atoms with Gasteiger partial charge in [-0.2, -0.15) is 0 Å². The molecule has 0 saturated heterocycles. The molecule has 1 amide bonds. The third kappa shape index (κ3) is 8.78. The fourth-order valence-corrected chi connectivity index (χ4v) is 1.99. The second-order valence-electron chi connectivity index (χ2n) is 4.28. The molecule has 22 heavy (non-hydrogen) atoms. The van der Waals surface area contributed by atoms with Gasteiger partial charge in [-0.25, -0.2) is 0 Å². The van der Waals surface area contributed by atoms with E-state index in [0.717, 1.165) is 5.69 Å². The molecular formula is C14H24GeNO6. The van der Waals surface area contributed by atoms with E-state index in [1.54, 1.807) is 11.9 Å². The number of ether oxygens (including phenoxy) is 1. The van der Waals surface area contributed by atoms with Crippen molar-refractivity contribution in [2.45, 2.75) is 25.7 Å². The Bertz CT molecular complexity index is 437. The third-order valence-corrected chi connectivity index (χ3v) is 3.58. The average Bonchev–Trinajstić information content (AvgIpc) is 2.43. The van der Waals surface area contributed by atoms with E-state index >= 15 is 0 Å². The molecule has 0 fully saturated rings. The summed E-state index contributed by atoms with van der Waals surface area (Å²) in [5.41, 5.74) is 0.892. The van der Waals surface area contributed by atoms with Gasteiger partial charge in [0.05, 0.1) is 7.11 Å². The first kappa shape index (κ1) is 25.5. The zero-order chi connectivity index (χ0) is 14.3. The summed E-state index contributed by atoms with van der Waals surface area (Å²) in [6.07, 6.45) is 2.20. The summed E-state index contributed by atoms with van der Waals surface area (Å²) in [5.74, 6) is -0.159. The number of amides is 1. The number of hydrogen-bond acceptors (Lipinski definition) is 3. The Balaban J connectivity index is -0.00000120. The van der Waals surface area contributed by atoms with E-state index in [0.29, 0.717) is 25.7 Å². The molecule has 0 aromatic heterocycles. The number of methoxy groups -OCH3 is 1. The van der Waals surface area contributed by atoms with Crippen LogP contribution >= 0.6 is 0 Å². The number of carbonyl (C=O) groups is 2. The molecule has 0 saturated carbocycles. The van der Waals surface area contributed by atoms with Gasteiger partial charge >= 0.3 is 115 Å². The zero-order valence-corrected chi connectivity index (χ0v) is 14.9. The van der Waals surface area contributed by atoms with Crippen LogP contribution in [-0.2, 0) is 14.3 Å². The van der Waals surface area contributed by atoms with Crippen LogP contribution in [0.2, 0.25) is 0 Å². The van der Waals surface area contributed by atoms with Crippen LogP contribution in [0.4, 0.5) is 5.69 Å². The Hall–Kier alpha value is -1.42. The molecule has 6 N–H and O–H groups in total. The minimum absolute atomic E-state index is 0. The molecule has 125 valence electrons. The van der Waals surface area contributed by atoms with E-state index in [1.165, 1.54) is 11.5 Å². The SMILES string of the molecule is COC(=O)CCCCC(=O)N(C)c1cc[c]([Ge])cc1.O.O.O.